The van der Waals surface area contributed by atoms with Gasteiger partial charge in [0.1, 0.15) is 10.9 Å². The number of anilines is 1. The number of pyridine rings is 1. The van der Waals surface area contributed by atoms with Crippen molar-refractivity contribution in [2.75, 3.05) is 5.32 Å². The first-order chi connectivity index (χ1) is 7.66. The Morgan fingerprint density at radius 3 is 3.00 bits per heavy atom. The minimum Gasteiger partial charge on any atom is -0.472 e. The molecule has 1 amide bonds. The van der Waals surface area contributed by atoms with Crippen LogP contribution in [0.1, 0.15) is 15.9 Å². The van der Waals surface area contributed by atoms with Crippen LogP contribution in [0.3, 0.4) is 0 Å². The Bertz CT molecular complexity index is 509. The van der Waals surface area contributed by atoms with Gasteiger partial charge >= 0.3 is 0 Å². The normalized spacial score (nSPS) is 10.1. The van der Waals surface area contributed by atoms with Gasteiger partial charge in [-0.2, -0.15) is 0 Å². The lowest BCUT2D eigenvalue weighted by Gasteiger charge is -2.04. The number of carbonyl (C=O) groups is 1. The average molecular weight is 281 g/mol. The molecule has 0 radical (unpaired) electrons. The van der Waals surface area contributed by atoms with Gasteiger partial charge in [-0.1, -0.05) is 0 Å². The standard InChI is InChI=1S/C11H9BrN2O2/c1-7-4-9(5-13-10(7)12)14-11(15)8-2-3-16-6-8/h2-6H,1H3,(H,14,15). The molecule has 0 spiro atoms. The van der Waals surface area contributed by atoms with Crippen molar-refractivity contribution >= 4 is 27.5 Å². The van der Waals surface area contributed by atoms with E-state index in [9.17, 15) is 4.79 Å². The zero-order chi connectivity index (χ0) is 11.5. The van der Waals surface area contributed by atoms with Crippen molar-refractivity contribution in [3.8, 4) is 0 Å². The number of aryl methyl sites for hydroxylation is 1. The first-order valence-electron chi connectivity index (χ1n) is 4.62. The number of hydrogen-bond acceptors (Lipinski definition) is 3. The van der Waals surface area contributed by atoms with Crippen LogP contribution in [0.5, 0.6) is 0 Å². The molecule has 0 aliphatic heterocycles. The molecule has 4 nitrogen and oxygen atoms in total. The van der Waals surface area contributed by atoms with E-state index in [1.165, 1.54) is 12.5 Å². The van der Waals surface area contributed by atoms with Crippen LogP contribution in [-0.2, 0) is 0 Å². The van der Waals surface area contributed by atoms with Crippen LogP contribution < -0.4 is 5.32 Å². The molecule has 2 aromatic rings. The summed E-state index contributed by atoms with van der Waals surface area (Å²) in [5.41, 5.74) is 2.11. The third-order valence-electron chi connectivity index (χ3n) is 2.06. The number of carbonyl (C=O) groups excluding carboxylic acids is 1. The highest BCUT2D eigenvalue weighted by Crippen LogP contribution is 2.17. The number of hydrogen-bond donors (Lipinski definition) is 1. The number of halogens is 1. The molecule has 0 aromatic carbocycles. The highest BCUT2D eigenvalue weighted by Gasteiger charge is 2.07. The SMILES string of the molecule is Cc1cc(NC(=O)c2ccoc2)cnc1Br. The maximum Gasteiger partial charge on any atom is 0.258 e. The Hall–Kier alpha value is -1.62. The molecule has 0 aliphatic rings. The van der Waals surface area contributed by atoms with Gasteiger partial charge in [0.05, 0.1) is 23.7 Å². The van der Waals surface area contributed by atoms with Crippen molar-refractivity contribution in [2.24, 2.45) is 0 Å². The quantitative estimate of drug-likeness (QED) is 0.861. The van der Waals surface area contributed by atoms with Gasteiger partial charge < -0.3 is 9.73 Å². The van der Waals surface area contributed by atoms with E-state index >= 15 is 0 Å². The lowest BCUT2D eigenvalue weighted by atomic mass is 10.2. The molecule has 16 heavy (non-hydrogen) atoms. The molecular weight excluding hydrogens is 272 g/mol. The van der Waals surface area contributed by atoms with E-state index in [4.69, 9.17) is 4.42 Å². The molecule has 0 bridgehead atoms. The molecule has 0 saturated carbocycles. The van der Waals surface area contributed by atoms with Crippen molar-refractivity contribution in [1.82, 2.24) is 4.98 Å². The highest BCUT2D eigenvalue weighted by molar-refractivity contribution is 9.10. The third kappa shape index (κ3) is 2.30. The summed E-state index contributed by atoms with van der Waals surface area (Å²) in [6, 6.07) is 3.45. The summed E-state index contributed by atoms with van der Waals surface area (Å²) in [5, 5.41) is 2.73. The molecule has 0 aliphatic carbocycles. The van der Waals surface area contributed by atoms with Crippen molar-refractivity contribution in [1.29, 1.82) is 0 Å². The van der Waals surface area contributed by atoms with Gasteiger partial charge in [-0.15, -0.1) is 0 Å². The van der Waals surface area contributed by atoms with Gasteiger partial charge in [0, 0.05) is 0 Å². The van der Waals surface area contributed by atoms with E-state index in [1.54, 1.807) is 12.3 Å². The molecule has 0 unspecified atom stereocenters. The lowest BCUT2D eigenvalue weighted by molar-refractivity contribution is 0.102. The van der Waals surface area contributed by atoms with Crippen LogP contribution in [0.25, 0.3) is 0 Å². The van der Waals surface area contributed by atoms with Gasteiger partial charge in [0.25, 0.3) is 5.91 Å². The van der Waals surface area contributed by atoms with E-state index in [-0.39, 0.29) is 5.91 Å². The second-order valence-corrected chi connectivity index (χ2v) is 4.05. The number of nitrogens with zero attached hydrogens (tertiary/aromatic N) is 1. The minimum atomic E-state index is -0.211. The minimum absolute atomic E-state index is 0.211. The largest absolute Gasteiger partial charge is 0.472 e. The Morgan fingerprint density at radius 2 is 2.38 bits per heavy atom. The van der Waals surface area contributed by atoms with Crippen LogP contribution in [0, 0.1) is 6.92 Å². The molecule has 5 heteroatoms. The zero-order valence-corrected chi connectivity index (χ0v) is 10.1. The summed E-state index contributed by atoms with van der Waals surface area (Å²) in [6.45, 7) is 1.91. The van der Waals surface area contributed by atoms with Crippen molar-refractivity contribution in [3.63, 3.8) is 0 Å². The predicted molar refractivity (Wildman–Crippen MR) is 63.3 cm³/mol. The number of furan rings is 1. The first kappa shape index (κ1) is 10.9. The van der Waals surface area contributed by atoms with Crippen LogP contribution >= 0.6 is 15.9 Å². The summed E-state index contributed by atoms with van der Waals surface area (Å²) >= 11 is 3.30. The van der Waals surface area contributed by atoms with Crippen LogP contribution in [0.2, 0.25) is 0 Å². The second kappa shape index (κ2) is 4.49. The smallest absolute Gasteiger partial charge is 0.258 e. The van der Waals surface area contributed by atoms with E-state index in [0.29, 0.717) is 11.3 Å². The summed E-state index contributed by atoms with van der Waals surface area (Å²) in [6.07, 6.45) is 4.45. The molecule has 2 heterocycles. The van der Waals surface area contributed by atoms with Crippen molar-refractivity contribution in [3.05, 3.63) is 46.6 Å². The summed E-state index contributed by atoms with van der Waals surface area (Å²) in [5.74, 6) is -0.211. The summed E-state index contributed by atoms with van der Waals surface area (Å²) in [4.78, 5) is 15.8. The topological polar surface area (TPSA) is 55.1 Å². The Morgan fingerprint density at radius 1 is 1.56 bits per heavy atom. The average Bonchev–Trinajstić information content (AvgIpc) is 2.77. The number of amides is 1. The second-order valence-electron chi connectivity index (χ2n) is 3.30. The van der Waals surface area contributed by atoms with Gasteiger partial charge in [-0.05, 0) is 40.5 Å². The monoisotopic (exact) mass is 280 g/mol. The zero-order valence-electron chi connectivity index (χ0n) is 8.53. The maximum atomic E-state index is 11.7. The van der Waals surface area contributed by atoms with E-state index < -0.39 is 0 Å². The predicted octanol–water partition coefficient (Wildman–Crippen LogP) is 3.00. The van der Waals surface area contributed by atoms with Crippen LogP contribution in [-0.4, -0.2) is 10.9 Å². The molecule has 2 rings (SSSR count). The number of rotatable bonds is 2. The fraction of sp³-hybridized carbons (Fsp3) is 0.0909. The van der Waals surface area contributed by atoms with Crippen molar-refractivity contribution < 1.29 is 9.21 Å². The molecule has 2 aromatic heterocycles. The van der Waals surface area contributed by atoms with Crippen LogP contribution in [0.15, 0.2) is 39.9 Å². The maximum absolute atomic E-state index is 11.7. The van der Waals surface area contributed by atoms with E-state index in [2.05, 4.69) is 26.2 Å². The van der Waals surface area contributed by atoms with Gasteiger partial charge in [0.2, 0.25) is 0 Å². The Balaban J connectivity index is 2.15. The van der Waals surface area contributed by atoms with Gasteiger partial charge in [-0.25, -0.2) is 4.98 Å². The summed E-state index contributed by atoms with van der Waals surface area (Å²) < 4.78 is 5.60. The number of nitrogens with one attached hydrogen (secondary N) is 1. The fourth-order valence-corrected chi connectivity index (χ4v) is 1.44. The lowest BCUT2D eigenvalue weighted by Crippen LogP contribution is -2.11. The van der Waals surface area contributed by atoms with E-state index in [1.807, 2.05) is 13.0 Å². The fourth-order valence-electron chi connectivity index (χ4n) is 1.22. The molecule has 1 N–H and O–H groups in total. The molecular formula is C11H9BrN2O2. The third-order valence-corrected chi connectivity index (χ3v) is 2.89. The molecule has 0 atom stereocenters. The molecule has 82 valence electrons. The van der Waals surface area contributed by atoms with Gasteiger partial charge in [0.15, 0.2) is 0 Å². The Labute approximate surface area is 101 Å². The van der Waals surface area contributed by atoms with Crippen molar-refractivity contribution in [2.45, 2.75) is 6.92 Å². The van der Waals surface area contributed by atoms with E-state index in [0.717, 1.165) is 10.2 Å². The van der Waals surface area contributed by atoms with Crippen LogP contribution in [0.4, 0.5) is 5.69 Å². The van der Waals surface area contributed by atoms with Gasteiger partial charge in [-0.3, -0.25) is 4.79 Å². The summed E-state index contributed by atoms with van der Waals surface area (Å²) in [7, 11) is 0. The first-order valence-corrected chi connectivity index (χ1v) is 5.42. The highest BCUT2D eigenvalue weighted by atomic mass is 79.9. The Kier molecular flexibility index (Phi) is 3.05. The molecule has 0 saturated heterocycles. The number of aromatic nitrogens is 1. The molecule has 0 fully saturated rings.